The van der Waals surface area contributed by atoms with Gasteiger partial charge >= 0.3 is 0 Å². The molecule has 0 fully saturated rings. The van der Waals surface area contributed by atoms with Crippen molar-refractivity contribution in [2.24, 2.45) is 5.10 Å². The topological polar surface area (TPSA) is 100 Å². The van der Waals surface area contributed by atoms with Crippen molar-refractivity contribution in [1.29, 1.82) is 0 Å². The molecule has 0 heterocycles. The molecule has 0 radical (unpaired) electrons. The first kappa shape index (κ1) is 19.0. The lowest BCUT2D eigenvalue weighted by Crippen LogP contribution is -2.20. The molecule has 2 aromatic carbocycles. The molecule has 0 spiro atoms. The predicted octanol–water partition coefficient (Wildman–Crippen LogP) is 2.58. The highest BCUT2D eigenvalue weighted by atomic mass is 16.5. The van der Waals surface area contributed by atoms with Crippen LogP contribution >= 0.6 is 0 Å². The fourth-order valence-corrected chi connectivity index (χ4v) is 2.10. The molecule has 0 aliphatic rings. The molecule has 2 amide bonds. The maximum atomic E-state index is 11.8. The predicted molar refractivity (Wildman–Crippen MR) is 99.4 cm³/mol. The maximum absolute atomic E-state index is 11.8. The Morgan fingerprint density at radius 3 is 2.50 bits per heavy atom. The van der Waals surface area contributed by atoms with E-state index >= 15 is 0 Å². The van der Waals surface area contributed by atoms with Crippen LogP contribution in [0, 0.1) is 6.92 Å². The summed E-state index contributed by atoms with van der Waals surface area (Å²) in [6.45, 7) is 1.96. The molecule has 0 aromatic heterocycles. The van der Waals surface area contributed by atoms with E-state index in [2.05, 4.69) is 15.8 Å². The number of hydrazone groups is 1. The summed E-state index contributed by atoms with van der Waals surface area (Å²) in [5, 5.41) is 16.1. The Morgan fingerprint density at radius 2 is 1.81 bits per heavy atom. The van der Waals surface area contributed by atoms with Gasteiger partial charge in [-0.1, -0.05) is 17.7 Å². The van der Waals surface area contributed by atoms with Gasteiger partial charge in [0.2, 0.25) is 11.8 Å². The standard InChI is InChI=1S/C19H21N3O4/c1-13-3-6-15(7-4-13)21-18(24)9-10-19(25)22-20-12-14-5-8-16(23)17(11-14)26-2/h3-8,11-12,23H,9-10H2,1-2H3,(H,21,24)(H,22,25)/b20-12+. The Kier molecular flexibility index (Phi) is 6.73. The van der Waals surface area contributed by atoms with Crippen molar-refractivity contribution in [1.82, 2.24) is 5.43 Å². The largest absolute Gasteiger partial charge is 0.504 e. The van der Waals surface area contributed by atoms with Gasteiger partial charge in [0, 0.05) is 18.5 Å². The molecule has 0 bridgehead atoms. The Morgan fingerprint density at radius 1 is 1.12 bits per heavy atom. The van der Waals surface area contributed by atoms with Crippen LogP contribution in [0.15, 0.2) is 47.6 Å². The van der Waals surface area contributed by atoms with Gasteiger partial charge in [0.05, 0.1) is 13.3 Å². The number of benzene rings is 2. The van der Waals surface area contributed by atoms with Gasteiger partial charge in [-0.05, 0) is 42.8 Å². The van der Waals surface area contributed by atoms with Crippen molar-refractivity contribution in [2.75, 3.05) is 12.4 Å². The second-order valence-electron chi connectivity index (χ2n) is 5.64. The summed E-state index contributed by atoms with van der Waals surface area (Å²) in [7, 11) is 1.44. The Labute approximate surface area is 151 Å². The molecule has 26 heavy (non-hydrogen) atoms. The van der Waals surface area contributed by atoms with Crippen LogP contribution in [-0.4, -0.2) is 30.2 Å². The molecule has 7 nitrogen and oxygen atoms in total. The van der Waals surface area contributed by atoms with Crippen molar-refractivity contribution < 1.29 is 19.4 Å². The highest BCUT2D eigenvalue weighted by molar-refractivity contribution is 5.93. The summed E-state index contributed by atoms with van der Waals surface area (Å²) in [4.78, 5) is 23.6. The second kappa shape index (κ2) is 9.22. The van der Waals surface area contributed by atoms with Crippen LogP contribution < -0.4 is 15.5 Å². The van der Waals surface area contributed by atoms with Crippen LogP contribution in [0.4, 0.5) is 5.69 Å². The zero-order chi connectivity index (χ0) is 18.9. The number of amides is 2. The molecule has 0 saturated carbocycles. The average Bonchev–Trinajstić information content (AvgIpc) is 2.63. The zero-order valence-corrected chi connectivity index (χ0v) is 14.7. The number of phenols is 1. The van der Waals surface area contributed by atoms with Crippen molar-refractivity contribution >= 4 is 23.7 Å². The summed E-state index contributed by atoms with van der Waals surface area (Å²) in [5.41, 5.74) is 4.81. The SMILES string of the molecule is COc1cc(/C=N/NC(=O)CCC(=O)Nc2ccc(C)cc2)ccc1O. The van der Waals surface area contributed by atoms with Gasteiger partial charge in [0.1, 0.15) is 0 Å². The summed E-state index contributed by atoms with van der Waals surface area (Å²) in [6, 6.07) is 12.1. The molecule has 136 valence electrons. The fraction of sp³-hybridized carbons (Fsp3) is 0.211. The van der Waals surface area contributed by atoms with E-state index in [0.29, 0.717) is 17.0 Å². The molecular formula is C19H21N3O4. The maximum Gasteiger partial charge on any atom is 0.240 e. The van der Waals surface area contributed by atoms with E-state index in [1.54, 1.807) is 12.1 Å². The van der Waals surface area contributed by atoms with E-state index in [0.717, 1.165) is 5.56 Å². The first-order chi connectivity index (χ1) is 12.5. The van der Waals surface area contributed by atoms with E-state index in [1.807, 2.05) is 31.2 Å². The van der Waals surface area contributed by atoms with Crippen molar-refractivity contribution in [2.45, 2.75) is 19.8 Å². The third-order valence-corrected chi connectivity index (χ3v) is 3.52. The number of aromatic hydroxyl groups is 1. The molecule has 0 aliphatic heterocycles. The number of aryl methyl sites for hydroxylation is 1. The van der Waals surface area contributed by atoms with E-state index in [1.165, 1.54) is 19.4 Å². The number of hydrogen-bond donors (Lipinski definition) is 3. The first-order valence-electron chi connectivity index (χ1n) is 8.03. The number of anilines is 1. The van der Waals surface area contributed by atoms with Crippen molar-refractivity contribution in [3.63, 3.8) is 0 Å². The number of nitrogens with one attached hydrogen (secondary N) is 2. The van der Waals surface area contributed by atoms with Crippen molar-refractivity contribution in [3.05, 3.63) is 53.6 Å². The van der Waals surface area contributed by atoms with E-state index < -0.39 is 0 Å². The Balaban J connectivity index is 1.76. The number of carbonyl (C=O) groups excluding carboxylic acids is 2. The lowest BCUT2D eigenvalue weighted by molar-refractivity contribution is -0.124. The molecule has 0 unspecified atom stereocenters. The highest BCUT2D eigenvalue weighted by Gasteiger charge is 2.07. The van der Waals surface area contributed by atoms with E-state index in [-0.39, 0.29) is 30.4 Å². The number of carbonyl (C=O) groups is 2. The van der Waals surface area contributed by atoms with Crippen LogP contribution in [0.1, 0.15) is 24.0 Å². The Bertz CT molecular complexity index is 801. The molecule has 7 heteroatoms. The van der Waals surface area contributed by atoms with Gasteiger partial charge in [0.15, 0.2) is 11.5 Å². The van der Waals surface area contributed by atoms with Crippen LogP contribution in [0.3, 0.4) is 0 Å². The minimum Gasteiger partial charge on any atom is -0.504 e. The number of methoxy groups -OCH3 is 1. The molecular weight excluding hydrogens is 334 g/mol. The minimum absolute atomic E-state index is 0.0216. The summed E-state index contributed by atoms with van der Waals surface area (Å²) in [6.07, 6.45) is 1.50. The molecule has 0 saturated heterocycles. The number of ether oxygens (including phenoxy) is 1. The Hall–Kier alpha value is -3.35. The van der Waals surface area contributed by atoms with Crippen LogP contribution in [0.25, 0.3) is 0 Å². The zero-order valence-electron chi connectivity index (χ0n) is 14.7. The first-order valence-corrected chi connectivity index (χ1v) is 8.03. The third kappa shape index (κ3) is 5.94. The van der Waals surface area contributed by atoms with Gasteiger partial charge in [-0.15, -0.1) is 0 Å². The third-order valence-electron chi connectivity index (χ3n) is 3.52. The number of nitrogens with zero attached hydrogens (tertiary/aromatic N) is 1. The molecule has 0 aliphatic carbocycles. The van der Waals surface area contributed by atoms with Crippen molar-refractivity contribution in [3.8, 4) is 11.5 Å². The monoisotopic (exact) mass is 355 g/mol. The second-order valence-corrected chi connectivity index (χ2v) is 5.64. The lowest BCUT2D eigenvalue weighted by Gasteiger charge is -2.05. The normalized spacial score (nSPS) is 10.5. The number of phenolic OH excluding ortho intramolecular Hbond substituents is 1. The van der Waals surface area contributed by atoms with E-state index in [9.17, 15) is 14.7 Å². The van der Waals surface area contributed by atoms with Crippen LogP contribution in [0.2, 0.25) is 0 Å². The van der Waals surface area contributed by atoms with Crippen LogP contribution in [-0.2, 0) is 9.59 Å². The summed E-state index contributed by atoms with van der Waals surface area (Å²) < 4.78 is 4.99. The lowest BCUT2D eigenvalue weighted by atomic mass is 10.2. The van der Waals surface area contributed by atoms with Gasteiger partial charge in [-0.25, -0.2) is 5.43 Å². The quantitative estimate of drug-likeness (QED) is 0.525. The summed E-state index contributed by atoms with van der Waals surface area (Å²) in [5.74, 6) is -0.274. The van der Waals surface area contributed by atoms with E-state index in [4.69, 9.17) is 4.74 Å². The number of hydrogen-bond acceptors (Lipinski definition) is 5. The van der Waals surface area contributed by atoms with Crippen LogP contribution in [0.5, 0.6) is 11.5 Å². The minimum atomic E-state index is -0.369. The van der Waals surface area contributed by atoms with Gasteiger partial charge in [-0.2, -0.15) is 5.10 Å². The average molecular weight is 355 g/mol. The number of rotatable bonds is 7. The molecule has 3 N–H and O–H groups in total. The molecule has 2 rings (SSSR count). The molecule has 2 aromatic rings. The van der Waals surface area contributed by atoms with Gasteiger partial charge in [0.25, 0.3) is 0 Å². The molecule has 0 atom stereocenters. The highest BCUT2D eigenvalue weighted by Crippen LogP contribution is 2.25. The van der Waals surface area contributed by atoms with Gasteiger partial charge < -0.3 is 15.2 Å². The van der Waals surface area contributed by atoms with Gasteiger partial charge in [-0.3, -0.25) is 9.59 Å². The summed E-state index contributed by atoms with van der Waals surface area (Å²) >= 11 is 0. The fourth-order valence-electron chi connectivity index (χ4n) is 2.10. The smallest absolute Gasteiger partial charge is 0.240 e.